The molecule has 7 nitrogen and oxygen atoms in total. The average molecular weight is 356 g/mol. The van der Waals surface area contributed by atoms with Gasteiger partial charge in [0.05, 0.1) is 24.9 Å². The Balaban J connectivity index is 1.82. The van der Waals surface area contributed by atoms with E-state index < -0.39 is 0 Å². The van der Waals surface area contributed by atoms with E-state index in [-0.39, 0.29) is 6.04 Å². The molecule has 1 saturated heterocycles. The normalized spacial score (nSPS) is 16.3. The molecule has 0 aliphatic carbocycles. The number of hydrogen-bond acceptors (Lipinski definition) is 7. The summed E-state index contributed by atoms with van der Waals surface area (Å²) in [4.78, 5) is 18.2. The molecule has 0 radical (unpaired) electrons. The molecule has 1 unspecified atom stereocenters. The van der Waals surface area contributed by atoms with Gasteiger partial charge in [-0.2, -0.15) is 4.98 Å². The SMILES string of the molecule is Cc1nc(N(C)C)nc(NCC(c2ccccn2)N2CCOCC2)c1C. The van der Waals surface area contributed by atoms with Gasteiger partial charge in [-0.3, -0.25) is 9.88 Å². The zero-order valence-corrected chi connectivity index (χ0v) is 16.1. The lowest BCUT2D eigenvalue weighted by molar-refractivity contribution is 0.0179. The summed E-state index contributed by atoms with van der Waals surface area (Å²) < 4.78 is 5.52. The number of nitrogens with one attached hydrogen (secondary N) is 1. The number of rotatable bonds is 6. The molecule has 26 heavy (non-hydrogen) atoms. The first-order chi connectivity index (χ1) is 12.6. The van der Waals surface area contributed by atoms with Crippen LogP contribution in [0.5, 0.6) is 0 Å². The third-order valence-corrected chi connectivity index (χ3v) is 4.76. The molecule has 0 amide bonds. The summed E-state index contributed by atoms with van der Waals surface area (Å²) in [6.07, 6.45) is 1.85. The molecule has 0 aromatic carbocycles. The minimum Gasteiger partial charge on any atom is -0.379 e. The highest BCUT2D eigenvalue weighted by molar-refractivity contribution is 5.50. The van der Waals surface area contributed by atoms with Gasteiger partial charge < -0.3 is 15.0 Å². The molecule has 3 heterocycles. The first kappa shape index (κ1) is 18.5. The summed E-state index contributed by atoms with van der Waals surface area (Å²) in [7, 11) is 3.91. The van der Waals surface area contributed by atoms with Crippen LogP contribution in [0.15, 0.2) is 24.4 Å². The highest BCUT2D eigenvalue weighted by Gasteiger charge is 2.24. The largest absolute Gasteiger partial charge is 0.379 e. The molecular weight excluding hydrogens is 328 g/mol. The van der Waals surface area contributed by atoms with E-state index in [0.717, 1.165) is 61.6 Å². The van der Waals surface area contributed by atoms with Crippen molar-refractivity contribution in [1.82, 2.24) is 19.9 Å². The predicted molar refractivity (Wildman–Crippen MR) is 104 cm³/mol. The van der Waals surface area contributed by atoms with E-state index in [2.05, 4.69) is 38.2 Å². The molecule has 1 fully saturated rings. The van der Waals surface area contributed by atoms with Crippen molar-refractivity contribution in [2.45, 2.75) is 19.9 Å². The van der Waals surface area contributed by atoms with Gasteiger partial charge in [-0.05, 0) is 26.0 Å². The fourth-order valence-electron chi connectivity index (χ4n) is 3.06. The molecule has 3 rings (SSSR count). The average Bonchev–Trinajstić information content (AvgIpc) is 2.66. The molecule has 7 heteroatoms. The number of nitrogens with zero attached hydrogens (tertiary/aromatic N) is 5. The van der Waals surface area contributed by atoms with Crippen molar-refractivity contribution in [1.29, 1.82) is 0 Å². The Morgan fingerprint density at radius 1 is 1.19 bits per heavy atom. The van der Waals surface area contributed by atoms with Crippen LogP contribution in [0.1, 0.15) is 23.0 Å². The third kappa shape index (κ3) is 4.28. The van der Waals surface area contributed by atoms with E-state index in [0.29, 0.717) is 0 Å². The molecule has 0 saturated carbocycles. The van der Waals surface area contributed by atoms with E-state index in [1.165, 1.54) is 0 Å². The highest BCUT2D eigenvalue weighted by atomic mass is 16.5. The van der Waals surface area contributed by atoms with Crippen molar-refractivity contribution in [3.8, 4) is 0 Å². The first-order valence-electron chi connectivity index (χ1n) is 9.05. The molecule has 1 aliphatic rings. The number of aromatic nitrogens is 3. The van der Waals surface area contributed by atoms with Crippen LogP contribution in [0.4, 0.5) is 11.8 Å². The number of aryl methyl sites for hydroxylation is 1. The summed E-state index contributed by atoms with van der Waals surface area (Å²) in [5.74, 6) is 1.60. The van der Waals surface area contributed by atoms with Crippen LogP contribution < -0.4 is 10.2 Å². The van der Waals surface area contributed by atoms with E-state index >= 15 is 0 Å². The first-order valence-corrected chi connectivity index (χ1v) is 9.05. The summed E-state index contributed by atoms with van der Waals surface area (Å²) in [5.41, 5.74) is 3.14. The summed E-state index contributed by atoms with van der Waals surface area (Å²) in [5, 5.41) is 3.54. The zero-order chi connectivity index (χ0) is 18.5. The lowest BCUT2D eigenvalue weighted by Gasteiger charge is -2.34. The minimum atomic E-state index is 0.178. The minimum absolute atomic E-state index is 0.178. The maximum Gasteiger partial charge on any atom is 0.227 e. The molecule has 140 valence electrons. The second-order valence-corrected chi connectivity index (χ2v) is 6.78. The van der Waals surface area contributed by atoms with Crippen molar-refractivity contribution in [3.05, 3.63) is 41.3 Å². The van der Waals surface area contributed by atoms with E-state index in [1.54, 1.807) is 0 Å². The van der Waals surface area contributed by atoms with Crippen molar-refractivity contribution < 1.29 is 4.74 Å². The van der Waals surface area contributed by atoms with Gasteiger partial charge in [0.15, 0.2) is 0 Å². The number of ether oxygens (including phenoxy) is 1. The quantitative estimate of drug-likeness (QED) is 0.849. The zero-order valence-electron chi connectivity index (χ0n) is 16.1. The Morgan fingerprint density at radius 2 is 1.96 bits per heavy atom. The fourth-order valence-corrected chi connectivity index (χ4v) is 3.06. The number of anilines is 2. The van der Waals surface area contributed by atoms with Gasteiger partial charge in [0.25, 0.3) is 0 Å². The van der Waals surface area contributed by atoms with Gasteiger partial charge in [0, 0.05) is 51.2 Å². The van der Waals surface area contributed by atoms with E-state index in [4.69, 9.17) is 4.74 Å². The second-order valence-electron chi connectivity index (χ2n) is 6.78. The molecule has 1 aliphatic heterocycles. The molecular formula is C19H28N6O. The van der Waals surface area contributed by atoms with Crippen molar-refractivity contribution in [2.24, 2.45) is 0 Å². The van der Waals surface area contributed by atoms with Gasteiger partial charge in [0.1, 0.15) is 5.82 Å². The van der Waals surface area contributed by atoms with Gasteiger partial charge in [-0.1, -0.05) is 6.07 Å². The van der Waals surface area contributed by atoms with Crippen LogP contribution in [0.3, 0.4) is 0 Å². The third-order valence-electron chi connectivity index (χ3n) is 4.76. The molecule has 1 N–H and O–H groups in total. The van der Waals surface area contributed by atoms with Gasteiger partial charge in [-0.15, -0.1) is 0 Å². The lowest BCUT2D eigenvalue weighted by Crippen LogP contribution is -2.42. The van der Waals surface area contributed by atoms with Crippen LogP contribution >= 0.6 is 0 Å². The fraction of sp³-hybridized carbons (Fsp3) is 0.526. The van der Waals surface area contributed by atoms with Gasteiger partial charge >= 0.3 is 0 Å². The predicted octanol–water partition coefficient (Wildman–Crippen LogP) is 2.04. The van der Waals surface area contributed by atoms with Gasteiger partial charge in [-0.25, -0.2) is 4.98 Å². The standard InChI is InChI=1S/C19H28N6O/c1-14-15(2)22-19(24(3)4)23-18(14)21-13-17(16-7-5-6-8-20-16)25-9-11-26-12-10-25/h5-8,17H,9-13H2,1-4H3,(H,21,22,23). The van der Waals surface area contributed by atoms with Crippen molar-refractivity contribution in [3.63, 3.8) is 0 Å². The molecule has 0 spiro atoms. The summed E-state index contributed by atoms with van der Waals surface area (Å²) in [6.45, 7) is 8.16. The van der Waals surface area contributed by atoms with Crippen molar-refractivity contribution >= 4 is 11.8 Å². The number of hydrogen-bond donors (Lipinski definition) is 1. The van der Waals surface area contributed by atoms with Crippen LogP contribution in [-0.2, 0) is 4.74 Å². The van der Waals surface area contributed by atoms with E-state index in [9.17, 15) is 0 Å². The Morgan fingerprint density at radius 3 is 2.62 bits per heavy atom. The lowest BCUT2D eigenvalue weighted by atomic mass is 10.1. The Labute approximate surface area is 155 Å². The Hall–Kier alpha value is -2.25. The molecule has 1 atom stereocenters. The van der Waals surface area contributed by atoms with Crippen LogP contribution in [0.2, 0.25) is 0 Å². The second kappa shape index (κ2) is 8.42. The van der Waals surface area contributed by atoms with Crippen LogP contribution in [0, 0.1) is 13.8 Å². The highest BCUT2D eigenvalue weighted by Crippen LogP contribution is 2.23. The maximum atomic E-state index is 5.52. The molecule has 2 aromatic rings. The van der Waals surface area contributed by atoms with Crippen LogP contribution in [-0.4, -0.2) is 66.8 Å². The number of pyridine rings is 1. The Bertz CT molecular complexity index is 715. The number of morpholine rings is 1. The summed E-state index contributed by atoms with van der Waals surface area (Å²) in [6, 6.07) is 6.26. The molecule has 0 bridgehead atoms. The van der Waals surface area contributed by atoms with E-state index in [1.807, 2.05) is 44.2 Å². The Kier molecular flexibility index (Phi) is 6.00. The van der Waals surface area contributed by atoms with Crippen LogP contribution in [0.25, 0.3) is 0 Å². The smallest absolute Gasteiger partial charge is 0.227 e. The topological polar surface area (TPSA) is 66.4 Å². The monoisotopic (exact) mass is 356 g/mol. The molecule has 2 aromatic heterocycles. The maximum absolute atomic E-state index is 5.52. The summed E-state index contributed by atoms with van der Waals surface area (Å²) >= 11 is 0. The van der Waals surface area contributed by atoms with Crippen molar-refractivity contribution in [2.75, 3.05) is 57.2 Å². The van der Waals surface area contributed by atoms with Gasteiger partial charge in [0.2, 0.25) is 5.95 Å².